The van der Waals surface area contributed by atoms with Crippen LogP contribution in [-0.4, -0.2) is 46.3 Å². The van der Waals surface area contributed by atoms with Gasteiger partial charge in [-0.25, -0.2) is 0 Å². The zero-order chi connectivity index (χ0) is 15.1. The summed E-state index contributed by atoms with van der Waals surface area (Å²) in [5.74, 6) is 0.430. The minimum atomic E-state index is -0.210. The van der Waals surface area contributed by atoms with Gasteiger partial charge in [-0.2, -0.15) is 0 Å². The van der Waals surface area contributed by atoms with Gasteiger partial charge in [0.15, 0.2) is 5.69 Å². The molecule has 0 amide bonds. The number of H-pyrrole nitrogens is 1. The maximum Gasteiger partial charge on any atom is 0.279 e. The van der Waals surface area contributed by atoms with E-state index in [2.05, 4.69) is 39.2 Å². The van der Waals surface area contributed by atoms with E-state index in [1.807, 2.05) is 17.5 Å². The first kappa shape index (κ1) is 15.7. The van der Waals surface area contributed by atoms with Crippen LogP contribution in [0.5, 0.6) is 0 Å². The number of nitrogens with zero attached hydrogens (tertiary/aromatic N) is 3. The van der Waals surface area contributed by atoms with E-state index in [9.17, 15) is 4.79 Å². The highest BCUT2D eigenvalue weighted by atomic mass is 32.1. The molecule has 0 aliphatic carbocycles. The molecule has 114 valence electrons. The first-order valence-corrected chi connectivity index (χ1v) is 8.09. The molecule has 0 saturated heterocycles. The Hall–Kier alpha value is -1.73. The summed E-state index contributed by atoms with van der Waals surface area (Å²) in [5.41, 5.74) is 0.164. The van der Waals surface area contributed by atoms with E-state index in [0.717, 1.165) is 37.5 Å². The third kappa shape index (κ3) is 4.37. The number of nitrogens with one attached hydrogen (secondary N) is 2. The van der Waals surface area contributed by atoms with Gasteiger partial charge in [0.05, 0.1) is 4.88 Å². The Morgan fingerprint density at radius 1 is 1.33 bits per heavy atom. The molecule has 2 aromatic rings. The molecule has 0 aromatic carbocycles. The molecule has 21 heavy (non-hydrogen) atoms. The highest BCUT2D eigenvalue weighted by molar-refractivity contribution is 7.13. The Kier molecular flexibility index (Phi) is 5.89. The summed E-state index contributed by atoms with van der Waals surface area (Å²) in [6.45, 7) is 8.22. The summed E-state index contributed by atoms with van der Waals surface area (Å²) in [6, 6.07) is 3.75. The lowest BCUT2D eigenvalue weighted by atomic mass is 10.3. The van der Waals surface area contributed by atoms with Crippen molar-refractivity contribution in [2.24, 2.45) is 0 Å². The summed E-state index contributed by atoms with van der Waals surface area (Å²) in [4.78, 5) is 17.9. The van der Waals surface area contributed by atoms with E-state index in [1.54, 1.807) is 0 Å². The smallest absolute Gasteiger partial charge is 0.279 e. The van der Waals surface area contributed by atoms with Crippen LogP contribution in [0.3, 0.4) is 0 Å². The monoisotopic (exact) mass is 307 g/mol. The van der Waals surface area contributed by atoms with Gasteiger partial charge >= 0.3 is 0 Å². The van der Waals surface area contributed by atoms with E-state index in [0.29, 0.717) is 11.6 Å². The molecule has 6 nitrogen and oxygen atoms in total. The molecule has 0 aliphatic heterocycles. The van der Waals surface area contributed by atoms with Crippen LogP contribution in [0.2, 0.25) is 0 Å². The Labute approximate surface area is 128 Å². The fourth-order valence-corrected chi connectivity index (χ4v) is 2.75. The van der Waals surface area contributed by atoms with Crippen LogP contribution in [0.15, 0.2) is 22.3 Å². The SMILES string of the molecule is CCN(CC)CCCNc1nnc(-c2cccs2)c(=O)[nH]1. The average molecular weight is 307 g/mol. The number of hydrogen-bond acceptors (Lipinski definition) is 6. The number of aromatic amines is 1. The third-order valence-electron chi connectivity index (χ3n) is 3.29. The third-order valence-corrected chi connectivity index (χ3v) is 4.17. The molecule has 7 heteroatoms. The zero-order valence-electron chi connectivity index (χ0n) is 12.4. The molecule has 0 saturated carbocycles. The summed E-state index contributed by atoms with van der Waals surface area (Å²) in [5, 5.41) is 13.1. The van der Waals surface area contributed by atoms with Gasteiger partial charge in [-0.15, -0.1) is 21.5 Å². The molecule has 0 spiro atoms. The van der Waals surface area contributed by atoms with Gasteiger partial charge in [0.25, 0.3) is 5.56 Å². The van der Waals surface area contributed by atoms with E-state index < -0.39 is 0 Å². The molecule has 0 unspecified atom stereocenters. The second-order valence-corrected chi connectivity index (χ2v) is 5.58. The predicted molar refractivity (Wildman–Crippen MR) is 86.9 cm³/mol. The number of rotatable bonds is 8. The van der Waals surface area contributed by atoms with E-state index in [1.165, 1.54) is 11.3 Å². The molecule has 0 atom stereocenters. The number of thiophene rings is 1. The molecule has 0 bridgehead atoms. The maximum absolute atomic E-state index is 12.0. The van der Waals surface area contributed by atoms with Crippen molar-refractivity contribution in [1.82, 2.24) is 20.1 Å². The van der Waals surface area contributed by atoms with Crippen LogP contribution in [0.25, 0.3) is 10.6 Å². The van der Waals surface area contributed by atoms with Crippen LogP contribution in [0.4, 0.5) is 5.95 Å². The standard InChI is InChI=1S/C14H21N5OS/c1-3-19(4-2)9-6-8-15-14-16-13(20)12(17-18-14)11-7-5-10-21-11/h5,7,10H,3-4,6,8-9H2,1-2H3,(H2,15,16,18,20). The van der Waals surface area contributed by atoms with Gasteiger partial charge in [-0.1, -0.05) is 19.9 Å². The van der Waals surface area contributed by atoms with Crippen molar-refractivity contribution in [2.75, 3.05) is 31.5 Å². The van der Waals surface area contributed by atoms with Crippen LogP contribution in [-0.2, 0) is 0 Å². The van der Waals surface area contributed by atoms with Crippen LogP contribution < -0.4 is 10.9 Å². The lowest BCUT2D eigenvalue weighted by Gasteiger charge is -2.17. The second kappa shape index (κ2) is 7.90. The molecule has 0 aliphatic rings. The van der Waals surface area contributed by atoms with Gasteiger partial charge in [0.2, 0.25) is 5.95 Å². The van der Waals surface area contributed by atoms with Crippen molar-refractivity contribution < 1.29 is 0 Å². The Morgan fingerprint density at radius 2 is 2.14 bits per heavy atom. The predicted octanol–water partition coefficient (Wildman–Crippen LogP) is 2.04. The van der Waals surface area contributed by atoms with Gasteiger partial charge < -0.3 is 10.2 Å². The minimum Gasteiger partial charge on any atom is -0.354 e. The lowest BCUT2D eigenvalue weighted by Crippen LogP contribution is -2.26. The van der Waals surface area contributed by atoms with E-state index in [-0.39, 0.29) is 5.56 Å². The molecule has 2 rings (SSSR count). The average Bonchev–Trinajstić information content (AvgIpc) is 3.01. The van der Waals surface area contributed by atoms with Gasteiger partial charge in [0, 0.05) is 6.54 Å². The van der Waals surface area contributed by atoms with Crippen molar-refractivity contribution in [3.8, 4) is 10.6 Å². The Balaban J connectivity index is 1.88. The zero-order valence-corrected chi connectivity index (χ0v) is 13.2. The highest BCUT2D eigenvalue weighted by Gasteiger charge is 2.08. The van der Waals surface area contributed by atoms with E-state index >= 15 is 0 Å². The molecule has 0 radical (unpaired) electrons. The first-order chi connectivity index (χ1) is 10.2. The van der Waals surface area contributed by atoms with Crippen molar-refractivity contribution >= 4 is 17.3 Å². The minimum absolute atomic E-state index is 0.210. The molecule has 2 aromatic heterocycles. The van der Waals surface area contributed by atoms with E-state index in [4.69, 9.17) is 0 Å². The van der Waals surface area contributed by atoms with Crippen LogP contribution >= 0.6 is 11.3 Å². The number of aromatic nitrogens is 3. The van der Waals surface area contributed by atoms with Crippen molar-refractivity contribution in [3.63, 3.8) is 0 Å². The van der Waals surface area contributed by atoms with Gasteiger partial charge in [-0.05, 0) is 37.5 Å². The fraction of sp³-hybridized carbons (Fsp3) is 0.500. The number of anilines is 1. The molecule has 0 fully saturated rings. The van der Waals surface area contributed by atoms with Crippen molar-refractivity contribution in [3.05, 3.63) is 27.9 Å². The van der Waals surface area contributed by atoms with Crippen molar-refractivity contribution in [2.45, 2.75) is 20.3 Å². The topological polar surface area (TPSA) is 73.9 Å². The first-order valence-electron chi connectivity index (χ1n) is 7.21. The quantitative estimate of drug-likeness (QED) is 0.730. The second-order valence-electron chi connectivity index (χ2n) is 4.64. The summed E-state index contributed by atoms with van der Waals surface area (Å²) >= 11 is 1.48. The molecular weight excluding hydrogens is 286 g/mol. The maximum atomic E-state index is 12.0. The largest absolute Gasteiger partial charge is 0.354 e. The Morgan fingerprint density at radius 3 is 2.76 bits per heavy atom. The van der Waals surface area contributed by atoms with Crippen LogP contribution in [0, 0.1) is 0 Å². The summed E-state index contributed by atoms with van der Waals surface area (Å²) in [6.07, 6.45) is 0.998. The number of hydrogen-bond donors (Lipinski definition) is 2. The molecular formula is C14H21N5OS. The molecule has 2 N–H and O–H groups in total. The van der Waals surface area contributed by atoms with Gasteiger partial charge in [0.1, 0.15) is 0 Å². The highest BCUT2D eigenvalue weighted by Crippen LogP contribution is 2.18. The summed E-state index contributed by atoms with van der Waals surface area (Å²) in [7, 11) is 0. The Bertz CT molecular complexity index is 592. The summed E-state index contributed by atoms with van der Waals surface area (Å²) < 4.78 is 0. The lowest BCUT2D eigenvalue weighted by molar-refractivity contribution is 0.303. The van der Waals surface area contributed by atoms with Crippen LogP contribution in [0.1, 0.15) is 20.3 Å². The van der Waals surface area contributed by atoms with Crippen molar-refractivity contribution in [1.29, 1.82) is 0 Å². The fourth-order valence-electron chi connectivity index (χ4n) is 2.04. The van der Waals surface area contributed by atoms with Gasteiger partial charge in [-0.3, -0.25) is 9.78 Å². The molecule has 2 heterocycles. The normalized spacial score (nSPS) is 11.0.